The maximum atomic E-state index is 12.9. The van der Waals surface area contributed by atoms with Crippen molar-refractivity contribution in [3.8, 4) is 0 Å². The number of esters is 1. The lowest BCUT2D eigenvalue weighted by molar-refractivity contribution is -0.166. The molecule has 1 aromatic rings. The molecule has 0 spiro atoms. The Bertz CT molecular complexity index is 693. The molecule has 29 heavy (non-hydrogen) atoms. The van der Waals surface area contributed by atoms with Gasteiger partial charge in [-0.3, -0.25) is 9.59 Å². The molecule has 0 aromatic heterocycles. The van der Waals surface area contributed by atoms with Crippen LogP contribution >= 0.6 is 11.6 Å². The van der Waals surface area contributed by atoms with E-state index in [0.717, 1.165) is 18.4 Å². The number of halogens is 1. The van der Waals surface area contributed by atoms with E-state index in [2.05, 4.69) is 0 Å². The van der Waals surface area contributed by atoms with E-state index in [9.17, 15) is 9.59 Å². The average Bonchev–Trinajstić information content (AvgIpc) is 2.75. The molecule has 1 heterocycles. The number of carbonyl (C=O) groups excluding carboxylic acids is 2. The van der Waals surface area contributed by atoms with Crippen LogP contribution in [-0.4, -0.2) is 42.5 Å². The van der Waals surface area contributed by atoms with Crippen molar-refractivity contribution >= 4 is 23.5 Å². The van der Waals surface area contributed by atoms with Crippen LogP contribution in [0, 0.1) is 11.3 Å². The van der Waals surface area contributed by atoms with Gasteiger partial charge in [0.05, 0.1) is 18.1 Å². The van der Waals surface area contributed by atoms with Crippen LogP contribution in [0.1, 0.15) is 57.4 Å². The van der Waals surface area contributed by atoms with Crippen LogP contribution in [0.25, 0.3) is 0 Å². The van der Waals surface area contributed by atoms with E-state index in [-0.39, 0.29) is 11.9 Å². The quantitative estimate of drug-likeness (QED) is 0.707. The number of benzene rings is 1. The molecule has 1 saturated carbocycles. The van der Waals surface area contributed by atoms with Crippen molar-refractivity contribution in [1.29, 1.82) is 0 Å². The molecule has 0 unspecified atom stereocenters. The number of ether oxygens (including phenoxy) is 1. The fourth-order valence-electron chi connectivity index (χ4n) is 5.03. The molecular weight excluding hydrogens is 388 g/mol. The van der Waals surface area contributed by atoms with Gasteiger partial charge in [-0.2, -0.15) is 0 Å². The molecule has 2 N–H and O–H groups in total. The van der Waals surface area contributed by atoms with E-state index in [4.69, 9.17) is 22.1 Å². The predicted octanol–water partition coefficient (Wildman–Crippen LogP) is 3.96. The summed E-state index contributed by atoms with van der Waals surface area (Å²) in [6.45, 7) is 3.41. The Labute approximate surface area is 178 Å². The SMILES string of the molecule is CCOC(=O)C1(C2CCCCC2)CCN(C(=O)[C@H](N)Cc2ccc(Cl)cc2)CC1. The standard InChI is InChI=1S/C23H33ClN2O3/c1-2-29-22(28)23(18-6-4-3-5-7-18)12-14-26(15-13-23)21(27)20(25)16-17-8-10-19(24)11-9-17/h8-11,18,20H,2-7,12-16,25H2,1H3/t20-/m1/s1. The van der Waals surface area contributed by atoms with Gasteiger partial charge in [0, 0.05) is 18.1 Å². The van der Waals surface area contributed by atoms with Gasteiger partial charge in [-0.1, -0.05) is 43.0 Å². The molecule has 1 amide bonds. The topological polar surface area (TPSA) is 72.6 Å². The number of hydrogen-bond donors (Lipinski definition) is 1. The van der Waals surface area contributed by atoms with Crippen LogP contribution in [0.15, 0.2) is 24.3 Å². The first-order valence-corrected chi connectivity index (χ1v) is 11.3. The maximum absolute atomic E-state index is 12.9. The highest BCUT2D eigenvalue weighted by atomic mass is 35.5. The van der Waals surface area contributed by atoms with Crippen molar-refractivity contribution in [2.75, 3.05) is 19.7 Å². The zero-order chi connectivity index (χ0) is 20.9. The summed E-state index contributed by atoms with van der Waals surface area (Å²) in [5, 5.41) is 0.669. The second kappa shape index (κ2) is 9.94. The number of carbonyl (C=O) groups is 2. The van der Waals surface area contributed by atoms with E-state index in [1.165, 1.54) is 19.3 Å². The fourth-order valence-corrected chi connectivity index (χ4v) is 5.16. The molecule has 1 aliphatic carbocycles. The van der Waals surface area contributed by atoms with Gasteiger partial charge in [0.25, 0.3) is 0 Å². The molecule has 0 bridgehead atoms. The van der Waals surface area contributed by atoms with Gasteiger partial charge in [-0.15, -0.1) is 0 Å². The summed E-state index contributed by atoms with van der Waals surface area (Å²) in [5.41, 5.74) is 6.78. The highest BCUT2D eigenvalue weighted by molar-refractivity contribution is 6.30. The number of nitrogens with zero attached hydrogens (tertiary/aromatic N) is 1. The summed E-state index contributed by atoms with van der Waals surface area (Å²) in [6, 6.07) is 6.85. The minimum absolute atomic E-state index is 0.0407. The van der Waals surface area contributed by atoms with E-state index >= 15 is 0 Å². The monoisotopic (exact) mass is 420 g/mol. The minimum Gasteiger partial charge on any atom is -0.466 e. The average molecular weight is 421 g/mol. The summed E-state index contributed by atoms with van der Waals surface area (Å²) in [5.74, 6) is 0.265. The fraction of sp³-hybridized carbons (Fsp3) is 0.652. The van der Waals surface area contributed by atoms with Gasteiger partial charge in [0.15, 0.2) is 0 Å². The zero-order valence-corrected chi connectivity index (χ0v) is 18.1. The van der Waals surface area contributed by atoms with Gasteiger partial charge >= 0.3 is 5.97 Å². The van der Waals surface area contributed by atoms with E-state index in [1.54, 1.807) is 0 Å². The number of nitrogens with two attached hydrogens (primary N) is 1. The number of hydrogen-bond acceptors (Lipinski definition) is 4. The first-order valence-electron chi connectivity index (χ1n) is 10.9. The summed E-state index contributed by atoms with van der Waals surface area (Å²) >= 11 is 5.93. The van der Waals surface area contributed by atoms with Crippen LogP contribution in [0.3, 0.4) is 0 Å². The molecule has 1 atom stereocenters. The van der Waals surface area contributed by atoms with Crippen LogP contribution in [0.5, 0.6) is 0 Å². The lowest BCUT2D eigenvalue weighted by Crippen LogP contribution is -2.54. The largest absolute Gasteiger partial charge is 0.466 e. The molecule has 1 aliphatic heterocycles. The van der Waals surface area contributed by atoms with Crippen LogP contribution in [0.4, 0.5) is 0 Å². The summed E-state index contributed by atoms with van der Waals surface area (Å²) in [6.07, 6.45) is 7.62. The molecule has 0 radical (unpaired) electrons. The lowest BCUT2D eigenvalue weighted by Gasteiger charge is -2.46. The highest BCUT2D eigenvalue weighted by Crippen LogP contribution is 2.46. The maximum Gasteiger partial charge on any atom is 0.312 e. The van der Waals surface area contributed by atoms with Crippen LogP contribution < -0.4 is 5.73 Å². The minimum atomic E-state index is -0.582. The first kappa shape index (κ1) is 22.1. The van der Waals surface area contributed by atoms with Crippen LogP contribution in [-0.2, 0) is 20.7 Å². The molecule has 2 aliphatic rings. The molecule has 5 nitrogen and oxygen atoms in total. The highest BCUT2D eigenvalue weighted by Gasteiger charge is 2.49. The van der Waals surface area contributed by atoms with Gasteiger partial charge in [0.2, 0.25) is 5.91 Å². The third-order valence-electron chi connectivity index (χ3n) is 6.72. The third kappa shape index (κ3) is 5.13. The zero-order valence-electron chi connectivity index (χ0n) is 17.4. The van der Waals surface area contributed by atoms with E-state index < -0.39 is 11.5 Å². The number of likely N-dealkylation sites (tertiary alicyclic amines) is 1. The van der Waals surface area contributed by atoms with Crippen molar-refractivity contribution in [1.82, 2.24) is 4.90 Å². The van der Waals surface area contributed by atoms with Crippen molar-refractivity contribution < 1.29 is 14.3 Å². The Morgan fingerprint density at radius 2 is 1.79 bits per heavy atom. The lowest BCUT2D eigenvalue weighted by atomic mass is 9.63. The Balaban J connectivity index is 1.63. The Morgan fingerprint density at radius 3 is 2.38 bits per heavy atom. The Morgan fingerprint density at radius 1 is 1.17 bits per heavy atom. The van der Waals surface area contributed by atoms with E-state index in [1.807, 2.05) is 36.1 Å². The Hall–Kier alpha value is -1.59. The predicted molar refractivity (Wildman–Crippen MR) is 115 cm³/mol. The summed E-state index contributed by atoms with van der Waals surface area (Å²) in [7, 11) is 0. The summed E-state index contributed by atoms with van der Waals surface area (Å²) < 4.78 is 5.49. The van der Waals surface area contributed by atoms with E-state index in [0.29, 0.717) is 49.9 Å². The molecule has 160 valence electrons. The Kier molecular flexibility index (Phi) is 7.58. The molecular formula is C23H33ClN2O3. The van der Waals surface area contributed by atoms with Gasteiger partial charge in [0.1, 0.15) is 0 Å². The molecule has 3 rings (SSSR count). The number of piperidine rings is 1. The van der Waals surface area contributed by atoms with Crippen molar-refractivity contribution in [3.05, 3.63) is 34.9 Å². The molecule has 1 saturated heterocycles. The third-order valence-corrected chi connectivity index (χ3v) is 6.97. The number of rotatable bonds is 6. The van der Waals surface area contributed by atoms with Gasteiger partial charge < -0.3 is 15.4 Å². The van der Waals surface area contributed by atoms with Gasteiger partial charge in [-0.25, -0.2) is 0 Å². The smallest absolute Gasteiger partial charge is 0.312 e. The molecule has 2 fully saturated rings. The van der Waals surface area contributed by atoms with Crippen molar-refractivity contribution in [3.63, 3.8) is 0 Å². The van der Waals surface area contributed by atoms with Crippen molar-refractivity contribution in [2.24, 2.45) is 17.1 Å². The molecule has 6 heteroatoms. The second-order valence-electron chi connectivity index (χ2n) is 8.47. The van der Waals surface area contributed by atoms with Crippen LogP contribution in [0.2, 0.25) is 5.02 Å². The normalized spacial score (nSPS) is 20.9. The van der Waals surface area contributed by atoms with Crippen molar-refractivity contribution in [2.45, 2.75) is 64.3 Å². The first-order chi connectivity index (χ1) is 14.0. The molecule has 1 aromatic carbocycles. The second-order valence-corrected chi connectivity index (χ2v) is 8.91. The van der Waals surface area contributed by atoms with Gasteiger partial charge in [-0.05, 0) is 62.6 Å². The number of amides is 1. The summed E-state index contributed by atoms with van der Waals surface area (Å²) in [4.78, 5) is 27.7.